The minimum Gasteiger partial charge on any atom is -0.491 e. The smallest absolute Gasteiger partial charge is 0.119 e. The molecule has 3 nitrogen and oxygen atoms in total. The van der Waals surface area contributed by atoms with E-state index in [4.69, 9.17) is 9.47 Å². The molecule has 0 radical (unpaired) electrons. The molecule has 2 rings (SSSR count). The molecule has 0 aromatic heterocycles. The molecule has 88 valence electrons. The predicted molar refractivity (Wildman–Crippen MR) is 61.7 cm³/mol. The summed E-state index contributed by atoms with van der Waals surface area (Å²) in [6.07, 6.45) is 2.66. The van der Waals surface area contributed by atoms with Crippen molar-refractivity contribution in [3.8, 4) is 5.75 Å². The van der Waals surface area contributed by atoms with E-state index in [0.717, 1.165) is 30.6 Å². The number of rotatable bonds is 4. The topological polar surface area (TPSA) is 38.7 Å². The van der Waals surface area contributed by atoms with Crippen molar-refractivity contribution in [3.63, 3.8) is 0 Å². The van der Waals surface area contributed by atoms with Gasteiger partial charge in [-0.2, -0.15) is 0 Å². The molecule has 1 N–H and O–H groups in total. The Morgan fingerprint density at radius 3 is 3.06 bits per heavy atom. The number of hydrogen-bond acceptors (Lipinski definition) is 3. The lowest BCUT2D eigenvalue weighted by molar-refractivity contribution is 0.144. The molecular weight excluding hydrogens is 204 g/mol. The first-order valence-corrected chi connectivity index (χ1v) is 5.74. The molecule has 0 saturated carbocycles. The molecule has 0 amide bonds. The molecule has 1 aromatic rings. The van der Waals surface area contributed by atoms with E-state index in [1.807, 2.05) is 12.1 Å². The molecule has 3 heteroatoms. The van der Waals surface area contributed by atoms with Crippen LogP contribution in [-0.4, -0.2) is 25.4 Å². The quantitative estimate of drug-likeness (QED) is 0.793. The van der Waals surface area contributed by atoms with Gasteiger partial charge in [0.1, 0.15) is 12.4 Å². The molecule has 0 heterocycles. The van der Waals surface area contributed by atoms with Crippen LogP contribution < -0.4 is 4.74 Å². The lowest BCUT2D eigenvalue weighted by Gasteiger charge is -2.21. The lowest BCUT2D eigenvalue weighted by atomic mass is 9.89. The Labute approximate surface area is 96.0 Å². The maximum Gasteiger partial charge on any atom is 0.119 e. The number of benzene rings is 1. The minimum absolute atomic E-state index is 0.324. The summed E-state index contributed by atoms with van der Waals surface area (Å²) in [6, 6.07) is 5.97. The van der Waals surface area contributed by atoms with Crippen molar-refractivity contribution in [1.29, 1.82) is 0 Å². The number of aliphatic hydroxyl groups is 1. The van der Waals surface area contributed by atoms with Crippen molar-refractivity contribution in [3.05, 3.63) is 29.3 Å². The standard InChI is InChI=1S/C13H18O3/c1-15-7-8-16-11-6-5-10-3-2-4-13(14)12(10)9-11/h5-6,9,13-14H,2-4,7-8H2,1H3/t13-/m0/s1. The molecule has 0 aliphatic heterocycles. The van der Waals surface area contributed by atoms with E-state index in [1.54, 1.807) is 7.11 Å². The fourth-order valence-electron chi connectivity index (χ4n) is 2.08. The normalized spacial score (nSPS) is 19.2. The van der Waals surface area contributed by atoms with Crippen molar-refractivity contribution in [2.45, 2.75) is 25.4 Å². The summed E-state index contributed by atoms with van der Waals surface area (Å²) < 4.78 is 10.4. The number of methoxy groups -OCH3 is 1. The van der Waals surface area contributed by atoms with Crippen LogP contribution in [-0.2, 0) is 11.2 Å². The summed E-state index contributed by atoms with van der Waals surface area (Å²) in [4.78, 5) is 0. The van der Waals surface area contributed by atoms with Crippen molar-refractivity contribution in [2.75, 3.05) is 20.3 Å². The van der Waals surface area contributed by atoms with E-state index >= 15 is 0 Å². The fourth-order valence-corrected chi connectivity index (χ4v) is 2.08. The van der Waals surface area contributed by atoms with E-state index in [1.165, 1.54) is 5.56 Å². The molecule has 0 unspecified atom stereocenters. The van der Waals surface area contributed by atoms with Gasteiger partial charge in [0.05, 0.1) is 12.7 Å². The summed E-state index contributed by atoms with van der Waals surface area (Å²) in [5, 5.41) is 9.88. The lowest BCUT2D eigenvalue weighted by Crippen LogP contribution is -2.10. The molecule has 0 spiro atoms. The molecular formula is C13H18O3. The van der Waals surface area contributed by atoms with Crippen LogP contribution in [0.5, 0.6) is 5.75 Å². The highest BCUT2D eigenvalue weighted by atomic mass is 16.5. The predicted octanol–water partition coefficient (Wildman–Crippen LogP) is 2.08. The first-order chi connectivity index (χ1) is 7.81. The minimum atomic E-state index is -0.324. The average Bonchev–Trinajstić information content (AvgIpc) is 2.30. The van der Waals surface area contributed by atoms with Gasteiger partial charge in [-0.3, -0.25) is 0 Å². The van der Waals surface area contributed by atoms with Gasteiger partial charge in [0, 0.05) is 7.11 Å². The summed E-state index contributed by atoms with van der Waals surface area (Å²) in [7, 11) is 1.65. The average molecular weight is 222 g/mol. The van der Waals surface area contributed by atoms with Gasteiger partial charge in [-0.25, -0.2) is 0 Å². The fraction of sp³-hybridized carbons (Fsp3) is 0.538. The Morgan fingerprint density at radius 2 is 2.25 bits per heavy atom. The SMILES string of the molecule is COCCOc1ccc2c(c1)[C@@H](O)CCC2. The van der Waals surface area contributed by atoms with Gasteiger partial charge in [-0.05, 0) is 42.5 Å². The molecule has 0 bridgehead atoms. The number of hydrogen-bond donors (Lipinski definition) is 1. The second kappa shape index (κ2) is 5.32. The van der Waals surface area contributed by atoms with Crippen LogP contribution in [0.2, 0.25) is 0 Å². The van der Waals surface area contributed by atoms with Crippen molar-refractivity contribution >= 4 is 0 Å². The maximum absolute atomic E-state index is 9.88. The highest BCUT2D eigenvalue weighted by Crippen LogP contribution is 2.32. The van der Waals surface area contributed by atoms with Gasteiger partial charge in [0.15, 0.2) is 0 Å². The molecule has 0 fully saturated rings. The van der Waals surface area contributed by atoms with E-state index in [2.05, 4.69) is 6.07 Å². The van der Waals surface area contributed by atoms with Crippen LogP contribution in [0.3, 0.4) is 0 Å². The van der Waals surface area contributed by atoms with Crippen LogP contribution in [0.15, 0.2) is 18.2 Å². The molecule has 16 heavy (non-hydrogen) atoms. The summed E-state index contributed by atoms with van der Waals surface area (Å²) in [5.74, 6) is 0.816. The summed E-state index contributed by atoms with van der Waals surface area (Å²) in [5.41, 5.74) is 2.28. The zero-order chi connectivity index (χ0) is 11.4. The third-order valence-electron chi connectivity index (χ3n) is 2.96. The third-order valence-corrected chi connectivity index (χ3v) is 2.96. The summed E-state index contributed by atoms with van der Waals surface area (Å²) in [6.45, 7) is 1.13. The number of aryl methyl sites for hydroxylation is 1. The molecule has 1 aliphatic rings. The van der Waals surface area contributed by atoms with Gasteiger partial charge < -0.3 is 14.6 Å². The van der Waals surface area contributed by atoms with Crippen LogP contribution in [0.1, 0.15) is 30.1 Å². The van der Waals surface area contributed by atoms with E-state index < -0.39 is 0 Å². The van der Waals surface area contributed by atoms with Crippen LogP contribution >= 0.6 is 0 Å². The second-order valence-corrected chi connectivity index (χ2v) is 4.11. The van der Waals surface area contributed by atoms with Crippen LogP contribution in [0, 0.1) is 0 Å². The van der Waals surface area contributed by atoms with E-state index in [-0.39, 0.29) is 6.10 Å². The summed E-state index contributed by atoms with van der Waals surface area (Å²) >= 11 is 0. The molecule has 1 atom stereocenters. The van der Waals surface area contributed by atoms with E-state index in [9.17, 15) is 5.11 Å². The van der Waals surface area contributed by atoms with Crippen LogP contribution in [0.4, 0.5) is 0 Å². The first kappa shape index (κ1) is 11.4. The molecule has 1 aromatic carbocycles. The Bertz CT molecular complexity index is 349. The Hall–Kier alpha value is -1.06. The monoisotopic (exact) mass is 222 g/mol. The molecule has 1 aliphatic carbocycles. The van der Waals surface area contributed by atoms with Gasteiger partial charge in [-0.1, -0.05) is 6.07 Å². The van der Waals surface area contributed by atoms with Crippen molar-refractivity contribution < 1.29 is 14.6 Å². The number of aliphatic hydroxyl groups excluding tert-OH is 1. The van der Waals surface area contributed by atoms with Crippen molar-refractivity contribution in [2.24, 2.45) is 0 Å². The van der Waals surface area contributed by atoms with Gasteiger partial charge in [0.2, 0.25) is 0 Å². The van der Waals surface area contributed by atoms with Gasteiger partial charge >= 0.3 is 0 Å². The highest BCUT2D eigenvalue weighted by molar-refractivity contribution is 5.38. The Balaban J connectivity index is 2.08. The zero-order valence-corrected chi connectivity index (χ0v) is 9.61. The highest BCUT2D eigenvalue weighted by Gasteiger charge is 2.18. The maximum atomic E-state index is 9.88. The first-order valence-electron chi connectivity index (χ1n) is 5.74. The Morgan fingerprint density at radius 1 is 1.38 bits per heavy atom. The largest absolute Gasteiger partial charge is 0.491 e. The van der Waals surface area contributed by atoms with Crippen LogP contribution in [0.25, 0.3) is 0 Å². The number of ether oxygens (including phenoxy) is 2. The zero-order valence-electron chi connectivity index (χ0n) is 9.61. The number of fused-ring (bicyclic) bond motifs is 1. The second-order valence-electron chi connectivity index (χ2n) is 4.11. The van der Waals surface area contributed by atoms with Gasteiger partial charge in [-0.15, -0.1) is 0 Å². The molecule has 0 saturated heterocycles. The Kier molecular flexibility index (Phi) is 3.80. The van der Waals surface area contributed by atoms with Crippen molar-refractivity contribution in [1.82, 2.24) is 0 Å². The third kappa shape index (κ3) is 2.54. The van der Waals surface area contributed by atoms with Gasteiger partial charge in [0.25, 0.3) is 0 Å². The van der Waals surface area contributed by atoms with E-state index in [0.29, 0.717) is 13.2 Å².